The quantitative estimate of drug-likeness (QED) is 0.826. The van der Waals surface area contributed by atoms with Crippen molar-refractivity contribution in [2.75, 3.05) is 0 Å². The molecule has 1 fully saturated rings. The largest absolute Gasteiger partial charge is 0.327 e. The molecule has 16 heavy (non-hydrogen) atoms. The summed E-state index contributed by atoms with van der Waals surface area (Å²) in [5.41, 5.74) is 10.5. The smallest absolute Gasteiger partial charge is 0.00703 e. The molecule has 0 amide bonds. The second-order valence-corrected chi connectivity index (χ2v) is 5.17. The van der Waals surface area contributed by atoms with Crippen LogP contribution in [0.4, 0.5) is 0 Å². The SMILES string of the molecule is CCc1cc(CC2CCCC2N)ccc1C. The molecule has 0 saturated heterocycles. The highest BCUT2D eigenvalue weighted by molar-refractivity contribution is 5.31. The third-order valence-electron chi connectivity index (χ3n) is 4.01. The number of hydrogen-bond donors (Lipinski definition) is 1. The van der Waals surface area contributed by atoms with Gasteiger partial charge in [0.15, 0.2) is 0 Å². The van der Waals surface area contributed by atoms with Crippen LogP contribution < -0.4 is 5.73 Å². The summed E-state index contributed by atoms with van der Waals surface area (Å²) in [6.07, 6.45) is 6.16. The molecule has 2 unspecified atom stereocenters. The predicted octanol–water partition coefficient (Wildman–Crippen LogP) is 3.23. The van der Waals surface area contributed by atoms with Crippen molar-refractivity contribution in [2.24, 2.45) is 11.7 Å². The summed E-state index contributed by atoms with van der Waals surface area (Å²) in [5.74, 6) is 0.715. The first-order chi connectivity index (χ1) is 7.70. The highest BCUT2D eigenvalue weighted by Gasteiger charge is 2.23. The van der Waals surface area contributed by atoms with Gasteiger partial charge in [-0.15, -0.1) is 0 Å². The minimum Gasteiger partial charge on any atom is -0.327 e. The molecular formula is C15H23N. The Morgan fingerprint density at radius 2 is 2.12 bits per heavy atom. The third kappa shape index (κ3) is 2.46. The third-order valence-corrected chi connectivity index (χ3v) is 4.01. The lowest BCUT2D eigenvalue weighted by atomic mass is 9.92. The Balaban J connectivity index is 2.09. The monoisotopic (exact) mass is 217 g/mol. The van der Waals surface area contributed by atoms with Crippen LogP contribution in [-0.4, -0.2) is 6.04 Å². The standard InChI is InChI=1S/C15H23N/c1-3-13-9-12(8-7-11(13)2)10-14-5-4-6-15(14)16/h7-9,14-15H,3-6,10,16H2,1-2H3. The Hall–Kier alpha value is -0.820. The van der Waals surface area contributed by atoms with Crippen molar-refractivity contribution in [2.45, 2.75) is 52.0 Å². The number of rotatable bonds is 3. The van der Waals surface area contributed by atoms with Gasteiger partial charge in [-0.3, -0.25) is 0 Å². The predicted molar refractivity (Wildman–Crippen MR) is 69.6 cm³/mol. The van der Waals surface area contributed by atoms with Gasteiger partial charge in [0.2, 0.25) is 0 Å². The van der Waals surface area contributed by atoms with E-state index < -0.39 is 0 Å². The van der Waals surface area contributed by atoms with E-state index in [9.17, 15) is 0 Å². The highest BCUT2D eigenvalue weighted by atomic mass is 14.7. The zero-order chi connectivity index (χ0) is 11.5. The summed E-state index contributed by atoms with van der Waals surface area (Å²) in [6.45, 7) is 4.43. The van der Waals surface area contributed by atoms with Crippen LogP contribution in [0.2, 0.25) is 0 Å². The van der Waals surface area contributed by atoms with Crippen LogP contribution in [0.5, 0.6) is 0 Å². The van der Waals surface area contributed by atoms with Crippen molar-refractivity contribution >= 4 is 0 Å². The van der Waals surface area contributed by atoms with Gasteiger partial charge in [0, 0.05) is 6.04 Å². The molecule has 1 saturated carbocycles. The van der Waals surface area contributed by atoms with Crippen molar-refractivity contribution in [3.63, 3.8) is 0 Å². The Morgan fingerprint density at radius 1 is 1.31 bits per heavy atom. The van der Waals surface area contributed by atoms with E-state index in [2.05, 4.69) is 32.0 Å². The molecule has 2 rings (SSSR count). The van der Waals surface area contributed by atoms with Crippen LogP contribution >= 0.6 is 0 Å². The molecule has 0 spiro atoms. The second kappa shape index (κ2) is 5.01. The molecule has 0 aliphatic heterocycles. The molecule has 2 N–H and O–H groups in total. The highest BCUT2D eigenvalue weighted by Crippen LogP contribution is 2.27. The average Bonchev–Trinajstić information content (AvgIpc) is 2.67. The summed E-state index contributed by atoms with van der Waals surface area (Å²) in [7, 11) is 0. The van der Waals surface area contributed by atoms with Crippen LogP contribution in [0, 0.1) is 12.8 Å². The molecule has 1 aromatic rings. The van der Waals surface area contributed by atoms with Crippen LogP contribution in [0.3, 0.4) is 0 Å². The Labute approximate surface area is 99.0 Å². The van der Waals surface area contributed by atoms with Gasteiger partial charge in [-0.2, -0.15) is 0 Å². The van der Waals surface area contributed by atoms with Gasteiger partial charge in [0.05, 0.1) is 0 Å². The lowest BCUT2D eigenvalue weighted by Crippen LogP contribution is -2.25. The molecular weight excluding hydrogens is 194 g/mol. The van der Waals surface area contributed by atoms with E-state index in [1.165, 1.54) is 42.4 Å². The number of aryl methyl sites for hydroxylation is 2. The molecule has 0 radical (unpaired) electrons. The Morgan fingerprint density at radius 3 is 2.75 bits per heavy atom. The molecule has 1 nitrogen and oxygen atoms in total. The number of nitrogens with two attached hydrogens (primary N) is 1. The van der Waals surface area contributed by atoms with Crippen molar-refractivity contribution in [3.05, 3.63) is 34.9 Å². The maximum Gasteiger partial charge on any atom is 0.00703 e. The minimum absolute atomic E-state index is 0.436. The molecule has 0 aromatic heterocycles. The molecule has 0 bridgehead atoms. The lowest BCUT2D eigenvalue weighted by molar-refractivity contribution is 0.478. The topological polar surface area (TPSA) is 26.0 Å². The fraction of sp³-hybridized carbons (Fsp3) is 0.600. The van der Waals surface area contributed by atoms with Gasteiger partial charge in [-0.05, 0) is 55.2 Å². The van der Waals surface area contributed by atoms with E-state index in [4.69, 9.17) is 5.73 Å². The van der Waals surface area contributed by atoms with Crippen molar-refractivity contribution in [1.29, 1.82) is 0 Å². The first kappa shape index (κ1) is 11.7. The molecule has 88 valence electrons. The van der Waals surface area contributed by atoms with Crippen molar-refractivity contribution in [1.82, 2.24) is 0 Å². The second-order valence-electron chi connectivity index (χ2n) is 5.17. The number of benzene rings is 1. The minimum atomic E-state index is 0.436. The number of hydrogen-bond acceptors (Lipinski definition) is 1. The normalized spacial score (nSPS) is 24.9. The molecule has 2 atom stereocenters. The van der Waals surface area contributed by atoms with E-state index in [1.54, 1.807) is 0 Å². The molecule has 1 heteroatoms. The maximum absolute atomic E-state index is 6.13. The van der Waals surface area contributed by atoms with Gasteiger partial charge < -0.3 is 5.73 Å². The van der Waals surface area contributed by atoms with Gasteiger partial charge >= 0.3 is 0 Å². The molecule has 1 aliphatic rings. The first-order valence-electron chi connectivity index (χ1n) is 6.54. The zero-order valence-corrected chi connectivity index (χ0v) is 10.5. The summed E-state index contributed by atoms with van der Waals surface area (Å²) < 4.78 is 0. The fourth-order valence-electron chi connectivity index (χ4n) is 2.85. The molecule has 1 aliphatic carbocycles. The fourth-order valence-corrected chi connectivity index (χ4v) is 2.85. The van der Waals surface area contributed by atoms with Crippen LogP contribution in [-0.2, 0) is 12.8 Å². The van der Waals surface area contributed by atoms with E-state index in [0.29, 0.717) is 12.0 Å². The molecule has 1 aromatic carbocycles. The van der Waals surface area contributed by atoms with Crippen LogP contribution in [0.15, 0.2) is 18.2 Å². The van der Waals surface area contributed by atoms with Gasteiger partial charge in [0.25, 0.3) is 0 Å². The van der Waals surface area contributed by atoms with E-state index in [0.717, 1.165) is 6.42 Å². The van der Waals surface area contributed by atoms with Crippen LogP contribution in [0.1, 0.15) is 42.9 Å². The van der Waals surface area contributed by atoms with E-state index in [1.807, 2.05) is 0 Å². The maximum atomic E-state index is 6.13. The first-order valence-corrected chi connectivity index (χ1v) is 6.54. The van der Waals surface area contributed by atoms with E-state index >= 15 is 0 Å². The lowest BCUT2D eigenvalue weighted by Gasteiger charge is -2.16. The summed E-state index contributed by atoms with van der Waals surface area (Å²) in [6, 6.07) is 7.35. The Bertz CT molecular complexity index is 356. The van der Waals surface area contributed by atoms with Gasteiger partial charge in [-0.1, -0.05) is 31.5 Å². The van der Waals surface area contributed by atoms with Crippen LogP contribution in [0.25, 0.3) is 0 Å². The summed E-state index contributed by atoms with van der Waals surface area (Å²) >= 11 is 0. The van der Waals surface area contributed by atoms with Gasteiger partial charge in [0.1, 0.15) is 0 Å². The van der Waals surface area contributed by atoms with E-state index in [-0.39, 0.29) is 0 Å². The average molecular weight is 217 g/mol. The van der Waals surface area contributed by atoms with Crippen molar-refractivity contribution in [3.8, 4) is 0 Å². The summed E-state index contributed by atoms with van der Waals surface area (Å²) in [4.78, 5) is 0. The Kier molecular flexibility index (Phi) is 3.65. The van der Waals surface area contributed by atoms with Gasteiger partial charge in [-0.25, -0.2) is 0 Å². The molecule has 0 heterocycles. The summed E-state index contributed by atoms with van der Waals surface area (Å²) in [5, 5.41) is 0. The zero-order valence-electron chi connectivity index (χ0n) is 10.5. The van der Waals surface area contributed by atoms with Crippen molar-refractivity contribution < 1.29 is 0 Å².